The zero-order valence-corrected chi connectivity index (χ0v) is 16.4. The van der Waals surface area contributed by atoms with Gasteiger partial charge in [-0.1, -0.05) is 19.1 Å². The largest absolute Gasteiger partial charge is 0.490 e. The van der Waals surface area contributed by atoms with E-state index < -0.39 is 0 Å². The lowest BCUT2D eigenvalue weighted by atomic mass is 10.0. The standard InChI is InChI=1S/C21H24FNO3S/c1-3-11-26-18-9-8-14(13-19(18)25-4-2)21(24)23-17-10-12-27-20-15(17)6-5-7-16(20)22/h5-9,13,17H,3-4,10-12H2,1-2H3,(H,23,24). The predicted molar refractivity (Wildman–Crippen MR) is 105 cm³/mol. The van der Waals surface area contributed by atoms with Crippen LogP contribution in [0.2, 0.25) is 0 Å². The van der Waals surface area contributed by atoms with Crippen molar-refractivity contribution in [2.45, 2.75) is 37.6 Å². The van der Waals surface area contributed by atoms with Gasteiger partial charge in [-0.15, -0.1) is 11.8 Å². The van der Waals surface area contributed by atoms with E-state index in [2.05, 4.69) is 5.32 Å². The molecule has 1 heterocycles. The van der Waals surface area contributed by atoms with Gasteiger partial charge in [-0.3, -0.25) is 4.79 Å². The molecule has 1 atom stereocenters. The molecule has 0 radical (unpaired) electrons. The number of amides is 1. The molecule has 0 saturated carbocycles. The van der Waals surface area contributed by atoms with Gasteiger partial charge in [0.25, 0.3) is 5.91 Å². The van der Waals surface area contributed by atoms with E-state index in [1.165, 1.54) is 17.8 Å². The Balaban J connectivity index is 1.79. The number of carbonyl (C=O) groups excluding carboxylic acids is 1. The van der Waals surface area contributed by atoms with Gasteiger partial charge in [-0.2, -0.15) is 0 Å². The van der Waals surface area contributed by atoms with Crippen molar-refractivity contribution in [2.24, 2.45) is 0 Å². The van der Waals surface area contributed by atoms with E-state index in [0.717, 1.165) is 24.2 Å². The number of hydrogen-bond donors (Lipinski definition) is 1. The molecular weight excluding hydrogens is 365 g/mol. The maximum atomic E-state index is 14.0. The summed E-state index contributed by atoms with van der Waals surface area (Å²) in [5.74, 6) is 1.53. The Morgan fingerprint density at radius 2 is 2.07 bits per heavy atom. The minimum absolute atomic E-state index is 0.198. The van der Waals surface area contributed by atoms with Gasteiger partial charge in [0.2, 0.25) is 0 Å². The Morgan fingerprint density at radius 1 is 1.22 bits per heavy atom. The van der Waals surface area contributed by atoms with Crippen molar-refractivity contribution in [1.29, 1.82) is 0 Å². The van der Waals surface area contributed by atoms with Crippen molar-refractivity contribution >= 4 is 17.7 Å². The van der Waals surface area contributed by atoms with Crippen LogP contribution < -0.4 is 14.8 Å². The van der Waals surface area contributed by atoms with Gasteiger partial charge in [0.1, 0.15) is 5.82 Å². The highest BCUT2D eigenvalue weighted by Gasteiger charge is 2.25. The number of carbonyl (C=O) groups is 1. The molecule has 1 aliphatic rings. The molecule has 1 amide bonds. The van der Waals surface area contributed by atoms with Crippen LogP contribution in [0.5, 0.6) is 11.5 Å². The first-order valence-corrected chi connectivity index (χ1v) is 10.2. The van der Waals surface area contributed by atoms with Crippen LogP contribution in [0.1, 0.15) is 48.7 Å². The van der Waals surface area contributed by atoms with Gasteiger partial charge < -0.3 is 14.8 Å². The fraction of sp³-hybridized carbons (Fsp3) is 0.381. The molecule has 3 rings (SSSR count). The highest BCUT2D eigenvalue weighted by atomic mass is 32.2. The highest BCUT2D eigenvalue weighted by Crippen LogP contribution is 2.38. The Bertz CT molecular complexity index is 812. The third-order valence-electron chi connectivity index (χ3n) is 4.30. The van der Waals surface area contributed by atoms with E-state index >= 15 is 0 Å². The average Bonchev–Trinajstić information content (AvgIpc) is 2.68. The first kappa shape index (κ1) is 19.5. The molecule has 1 N–H and O–H groups in total. The fourth-order valence-corrected chi connectivity index (χ4v) is 4.17. The smallest absolute Gasteiger partial charge is 0.251 e. The Hall–Kier alpha value is -2.21. The van der Waals surface area contributed by atoms with Gasteiger partial charge in [-0.05, 0) is 49.6 Å². The molecule has 6 heteroatoms. The highest BCUT2D eigenvalue weighted by molar-refractivity contribution is 7.99. The zero-order valence-electron chi connectivity index (χ0n) is 15.6. The molecule has 0 spiro atoms. The van der Waals surface area contributed by atoms with E-state index in [4.69, 9.17) is 9.47 Å². The summed E-state index contributed by atoms with van der Waals surface area (Å²) in [5, 5.41) is 3.04. The van der Waals surface area contributed by atoms with E-state index in [0.29, 0.717) is 35.2 Å². The summed E-state index contributed by atoms with van der Waals surface area (Å²) in [4.78, 5) is 13.4. The Labute approximate surface area is 163 Å². The van der Waals surface area contributed by atoms with Crippen LogP contribution in [0.25, 0.3) is 0 Å². The molecule has 0 aromatic heterocycles. The average molecular weight is 389 g/mol. The van der Waals surface area contributed by atoms with Crippen LogP contribution in [0, 0.1) is 5.82 Å². The van der Waals surface area contributed by atoms with Gasteiger partial charge >= 0.3 is 0 Å². The SMILES string of the molecule is CCCOc1ccc(C(=O)NC2CCSc3c(F)cccc32)cc1OCC. The summed E-state index contributed by atoms with van der Waals surface area (Å²) in [6, 6.07) is 10.0. The van der Waals surface area contributed by atoms with Gasteiger partial charge in [0, 0.05) is 16.2 Å². The molecule has 2 aromatic rings. The molecule has 1 unspecified atom stereocenters. The van der Waals surface area contributed by atoms with Gasteiger partial charge in [0.15, 0.2) is 11.5 Å². The quantitative estimate of drug-likeness (QED) is 0.725. The third kappa shape index (κ3) is 4.56. The molecule has 1 aliphatic heterocycles. The molecule has 0 bridgehead atoms. The van der Waals surface area contributed by atoms with Crippen molar-refractivity contribution < 1.29 is 18.7 Å². The summed E-state index contributed by atoms with van der Waals surface area (Å²) in [6.45, 7) is 5.00. The normalized spacial score (nSPS) is 15.7. The number of halogens is 1. The molecule has 27 heavy (non-hydrogen) atoms. The van der Waals surface area contributed by atoms with E-state index in [1.807, 2.05) is 19.9 Å². The van der Waals surface area contributed by atoms with Crippen LogP contribution in [-0.2, 0) is 0 Å². The maximum absolute atomic E-state index is 14.0. The molecule has 2 aromatic carbocycles. The van der Waals surface area contributed by atoms with Gasteiger partial charge in [-0.25, -0.2) is 4.39 Å². The predicted octanol–water partition coefficient (Wildman–Crippen LogP) is 4.98. The topological polar surface area (TPSA) is 47.6 Å². The van der Waals surface area contributed by atoms with Crippen LogP contribution in [0.4, 0.5) is 4.39 Å². The molecule has 144 valence electrons. The maximum Gasteiger partial charge on any atom is 0.251 e. The zero-order chi connectivity index (χ0) is 19.2. The van der Waals surface area contributed by atoms with Crippen molar-refractivity contribution in [2.75, 3.05) is 19.0 Å². The molecule has 0 saturated heterocycles. The van der Waals surface area contributed by atoms with Crippen LogP contribution in [0.3, 0.4) is 0 Å². The summed E-state index contributed by atoms with van der Waals surface area (Å²) in [6.07, 6.45) is 1.66. The van der Waals surface area contributed by atoms with Crippen LogP contribution in [0.15, 0.2) is 41.3 Å². The van der Waals surface area contributed by atoms with E-state index in [-0.39, 0.29) is 17.8 Å². The lowest BCUT2D eigenvalue weighted by Gasteiger charge is -2.26. The lowest BCUT2D eigenvalue weighted by Crippen LogP contribution is -2.30. The number of thioether (sulfide) groups is 1. The monoisotopic (exact) mass is 389 g/mol. The molecule has 0 aliphatic carbocycles. The van der Waals surface area contributed by atoms with Crippen molar-refractivity contribution in [1.82, 2.24) is 5.32 Å². The Morgan fingerprint density at radius 3 is 2.85 bits per heavy atom. The van der Waals surface area contributed by atoms with E-state index in [9.17, 15) is 9.18 Å². The summed E-state index contributed by atoms with van der Waals surface area (Å²) in [5.41, 5.74) is 1.34. The number of ether oxygens (including phenoxy) is 2. The number of fused-ring (bicyclic) bond motifs is 1. The fourth-order valence-electron chi connectivity index (χ4n) is 3.03. The summed E-state index contributed by atoms with van der Waals surface area (Å²) >= 11 is 1.50. The number of nitrogens with one attached hydrogen (secondary N) is 1. The molecule has 0 fully saturated rings. The van der Waals surface area contributed by atoms with Crippen molar-refractivity contribution in [3.8, 4) is 11.5 Å². The van der Waals surface area contributed by atoms with E-state index in [1.54, 1.807) is 24.3 Å². The number of benzene rings is 2. The van der Waals surface area contributed by atoms with Crippen molar-refractivity contribution in [3.63, 3.8) is 0 Å². The second-order valence-corrected chi connectivity index (χ2v) is 7.37. The molecule has 4 nitrogen and oxygen atoms in total. The lowest BCUT2D eigenvalue weighted by molar-refractivity contribution is 0.0934. The van der Waals surface area contributed by atoms with Gasteiger partial charge in [0.05, 0.1) is 19.3 Å². The first-order chi connectivity index (χ1) is 13.1. The number of hydrogen-bond acceptors (Lipinski definition) is 4. The second kappa shape index (κ2) is 9.13. The second-order valence-electron chi connectivity index (χ2n) is 6.26. The van der Waals surface area contributed by atoms with Crippen molar-refractivity contribution in [3.05, 3.63) is 53.3 Å². The third-order valence-corrected chi connectivity index (χ3v) is 5.46. The minimum atomic E-state index is -0.229. The summed E-state index contributed by atoms with van der Waals surface area (Å²) in [7, 11) is 0. The number of rotatable bonds is 7. The minimum Gasteiger partial charge on any atom is -0.490 e. The summed E-state index contributed by atoms with van der Waals surface area (Å²) < 4.78 is 25.3. The Kier molecular flexibility index (Phi) is 6.61. The first-order valence-electron chi connectivity index (χ1n) is 9.25. The molecular formula is C21H24FNO3S. The van der Waals surface area contributed by atoms with Crippen LogP contribution >= 0.6 is 11.8 Å². The van der Waals surface area contributed by atoms with Crippen LogP contribution in [-0.4, -0.2) is 24.9 Å².